The van der Waals surface area contributed by atoms with Gasteiger partial charge < -0.3 is 14.3 Å². The van der Waals surface area contributed by atoms with Crippen molar-refractivity contribution in [2.75, 3.05) is 50.1 Å². The van der Waals surface area contributed by atoms with Gasteiger partial charge in [-0.15, -0.1) is 0 Å². The maximum atomic E-state index is 5.35. The molecular formula is C17H27N7O. The first-order chi connectivity index (χ1) is 11.9. The van der Waals surface area contributed by atoms with Gasteiger partial charge in [-0.3, -0.25) is 4.90 Å². The van der Waals surface area contributed by atoms with Crippen molar-refractivity contribution in [1.82, 2.24) is 25.0 Å². The number of hydrogen-bond donors (Lipinski definition) is 0. The fraction of sp³-hybridized carbons (Fsp3) is 0.647. The number of piperazine rings is 1. The molecule has 3 rings (SSSR count). The van der Waals surface area contributed by atoms with E-state index < -0.39 is 0 Å². The Balaban J connectivity index is 1.60. The van der Waals surface area contributed by atoms with E-state index >= 15 is 0 Å². The maximum Gasteiger partial charge on any atom is 0.240 e. The Hall–Kier alpha value is -2.22. The molecule has 0 amide bonds. The van der Waals surface area contributed by atoms with Gasteiger partial charge in [0.15, 0.2) is 5.82 Å². The lowest BCUT2D eigenvalue weighted by molar-refractivity contribution is 0.214. The van der Waals surface area contributed by atoms with E-state index in [-0.39, 0.29) is 0 Å². The second-order valence-corrected chi connectivity index (χ2v) is 7.03. The predicted octanol–water partition coefficient (Wildman–Crippen LogP) is 1.68. The number of hydrogen-bond acceptors (Lipinski definition) is 8. The Bertz CT molecular complexity index is 705. The van der Waals surface area contributed by atoms with Crippen LogP contribution < -0.4 is 9.80 Å². The van der Waals surface area contributed by atoms with Crippen molar-refractivity contribution in [3.05, 3.63) is 23.5 Å². The van der Waals surface area contributed by atoms with Crippen molar-refractivity contribution in [2.45, 2.75) is 33.2 Å². The van der Waals surface area contributed by atoms with Gasteiger partial charge in [0.1, 0.15) is 5.82 Å². The predicted molar refractivity (Wildman–Crippen MR) is 97.0 cm³/mol. The van der Waals surface area contributed by atoms with Crippen LogP contribution in [0, 0.1) is 6.92 Å². The lowest BCUT2D eigenvalue weighted by Crippen LogP contribution is -2.46. The van der Waals surface area contributed by atoms with Crippen LogP contribution in [-0.4, -0.2) is 65.3 Å². The van der Waals surface area contributed by atoms with Crippen LogP contribution in [0.4, 0.5) is 11.8 Å². The molecule has 0 aliphatic carbocycles. The molecule has 0 spiro atoms. The largest absolute Gasteiger partial charge is 0.363 e. The van der Waals surface area contributed by atoms with Gasteiger partial charge >= 0.3 is 0 Å². The van der Waals surface area contributed by atoms with Crippen LogP contribution in [-0.2, 0) is 6.54 Å². The summed E-state index contributed by atoms with van der Waals surface area (Å²) in [5.74, 6) is 3.51. The summed E-state index contributed by atoms with van der Waals surface area (Å²) >= 11 is 0. The topological polar surface area (TPSA) is 74.4 Å². The molecule has 0 bridgehead atoms. The molecule has 0 saturated carbocycles. The van der Waals surface area contributed by atoms with E-state index in [0.717, 1.165) is 49.5 Å². The Morgan fingerprint density at radius 3 is 2.44 bits per heavy atom. The van der Waals surface area contributed by atoms with Crippen LogP contribution in [0.1, 0.15) is 37.2 Å². The average molecular weight is 345 g/mol. The average Bonchev–Trinajstić information content (AvgIpc) is 3.04. The fourth-order valence-electron chi connectivity index (χ4n) is 2.77. The molecule has 8 nitrogen and oxygen atoms in total. The molecule has 1 fully saturated rings. The van der Waals surface area contributed by atoms with Gasteiger partial charge in [0, 0.05) is 58.0 Å². The van der Waals surface area contributed by atoms with Crippen molar-refractivity contribution in [3.63, 3.8) is 0 Å². The highest BCUT2D eigenvalue weighted by Gasteiger charge is 2.22. The summed E-state index contributed by atoms with van der Waals surface area (Å²) < 4.78 is 5.35. The third-order valence-electron chi connectivity index (χ3n) is 4.30. The molecule has 0 atom stereocenters. The van der Waals surface area contributed by atoms with Crippen molar-refractivity contribution in [3.8, 4) is 0 Å². The highest BCUT2D eigenvalue weighted by atomic mass is 16.5. The Morgan fingerprint density at radius 1 is 1.12 bits per heavy atom. The number of aryl methyl sites for hydroxylation is 1. The number of nitrogens with zero attached hydrogens (tertiary/aromatic N) is 7. The lowest BCUT2D eigenvalue weighted by Gasteiger charge is -2.34. The van der Waals surface area contributed by atoms with E-state index in [9.17, 15) is 0 Å². The summed E-state index contributed by atoms with van der Waals surface area (Å²) in [5, 5.41) is 4.03. The third kappa shape index (κ3) is 4.25. The molecule has 0 radical (unpaired) electrons. The molecule has 8 heteroatoms. The van der Waals surface area contributed by atoms with E-state index in [4.69, 9.17) is 4.52 Å². The highest BCUT2D eigenvalue weighted by molar-refractivity contribution is 5.45. The van der Waals surface area contributed by atoms with Crippen LogP contribution in [0.15, 0.2) is 10.6 Å². The lowest BCUT2D eigenvalue weighted by atomic mass is 10.2. The van der Waals surface area contributed by atoms with Crippen LogP contribution in [0.5, 0.6) is 0 Å². The van der Waals surface area contributed by atoms with Crippen molar-refractivity contribution in [2.24, 2.45) is 0 Å². The monoisotopic (exact) mass is 345 g/mol. The smallest absolute Gasteiger partial charge is 0.240 e. The first-order valence-corrected chi connectivity index (χ1v) is 8.75. The van der Waals surface area contributed by atoms with Gasteiger partial charge in [-0.25, -0.2) is 4.98 Å². The summed E-state index contributed by atoms with van der Waals surface area (Å²) in [6.07, 6.45) is 0. The first-order valence-electron chi connectivity index (χ1n) is 8.75. The minimum absolute atomic E-state index is 0.290. The molecule has 2 aromatic rings. The van der Waals surface area contributed by atoms with Crippen LogP contribution in [0.25, 0.3) is 0 Å². The van der Waals surface area contributed by atoms with E-state index in [2.05, 4.69) is 43.8 Å². The highest BCUT2D eigenvalue weighted by Crippen LogP contribution is 2.18. The van der Waals surface area contributed by atoms with Crippen LogP contribution in [0.2, 0.25) is 0 Å². The molecule has 1 aliphatic rings. The van der Waals surface area contributed by atoms with Crippen molar-refractivity contribution >= 4 is 11.8 Å². The summed E-state index contributed by atoms with van der Waals surface area (Å²) in [6, 6.07) is 2.00. The zero-order chi connectivity index (χ0) is 18.0. The van der Waals surface area contributed by atoms with Gasteiger partial charge in [0.25, 0.3) is 0 Å². The molecule has 1 saturated heterocycles. The maximum absolute atomic E-state index is 5.35. The summed E-state index contributed by atoms with van der Waals surface area (Å²) in [7, 11) is 4.00. The second-order valence-electron chi connectivity index (χ2n) is 7.03. The Kier molecular flexibility index (Phi) is 5.17. The van der Waals surface area contributed by atoms with E-state index in [1.807, 2.05) is 32.0 Å². The molecule has 25 heavy (non-hydrogen) atoms. The third-order valence-corrected chi connectivity index (χ3v) is 4.30. The molecule has 1 aliphatic heterocycles. The standard InChI is InChI=1S/C17H27N7O/c1-12(2)16-20-15(25-21-16)11-23-6-8-24(9-7-23)17-18-13(3)10-14(19-17)22(4)5/h10,12H,6-9,11H2,1-5H3. The van der Waals surface area contributed by atoms with Gasteiger partial charge in [-0.05, 0) is 6.92 Å². The minimum Gasteiger partial charge on any atom is -0.363 e. The number of anilines is 2. The van der Waals surface area contributed by atoms with E-state index in [1.165, 1.54) is 0 Å². The van der Waals surface area contributed by atoms with E-state index in [0.29, 0.717) is 18.4 Å². The van der Waals surface area contributed by atoms with E-state index in [1.54, 1.807) is 0 Å². The minimum atomic E-state index is 0.290. The molecule has 136 valence electrons. The number of aromatic nitrogens is 4. The van der Waals surface area contributed by atoms with Crippen LogP contribution in [0.3, 0.4) is 0 Å². The summed E-state index contributed by atoms with van der Waals surface area (Å²) in [6.45, 7) is 10.5. The molecule has 0 aromatic carbocycles. The van der Waals surface area contributed by atoms with Gasteiger partial charge in [-0.1, -0.05) is 19.0 Å². The first kappa shape index (κ1) is 17.6. The van der Waals surface area contributed by atoms with Gasteiger partial charge in [-0.2, -0.15) is 9.97 Å². The molecule has 0 N–H and O–H groups in total. The second kappa shape index (κ2) is 7.35. The zero-order valence-corrected chi connectivity index (χ0v) is 15.7. The fourth-order valence-corrected chi connectivity index (χ4v) is 2.77. The number of rotatable bonds is 5. The zero-order valence-electron chi connectivity index (χ0n) is 15.7. The SMILES string of the molecule is Cc1cc(N(C)C)nc(N2CCN(Cc3nc(C(C)C)no3)CC2)n1. The normalized spacial score (nSPS) is 15.8. The Labute approximate surface area is 148 Å². The molecular weight excluding hydrogens is 318 g/mol. The van der Waals surface area contributed by atoms with Crippen molar-refractivity contribution < 1.29 is 4.52 Å². The van der Waals surface area contributed by atoms with Crippen molar-refractivity contribution in [1.29, 1.82) is 0 Å². The van der Waals surface area contributed by atoms with Crippen LogP contribution >= 0.6 is 0 Å². The Morgan fingerprint density at radius 2 is 1.84 bits per heavy atom. The van der Waals surface area contributed by atoms with Gasteiger partial charge in [0.05, 0.1) is 6.54 Å². The van der Waals surface area contributed by atoms with Gasteiger partial charge in [0.2, 0.25) is 11.8 Å². The molecule has 0 unspecified atom stereocenters. The molecule has 2 aromatic heterocycles. The summed E-state index contributed by atoms with van der Waals surface area (Å²) in [4.78, 5) is 20.3. The summed E-state index contributed by atoms with van der Waals surface area (Å²) in [5.41, 5.74) is 0.989. The molecule has 3 heterocycles. The quantitative estimate of drug-likeness (QED) is 0.810.